The number of rotatable bonds is 6. The highest BCUT2D eigenvalue weighted by Crippen LogP contribution is 2.20. The van der Waals surface area contributed by atoms with E-state index < -0.39 is 15.9 Å². The normalized spacial score (nSPS) is 11.5. The van der Waals surface area contributed by atoms with Crippen LogP contribution in [0.5, 0.6) is 0 Å². The lowest BCUT2D eigenvalue weighted by atomic mass is 10.2. The van der Waals surface area contributed by atoms with Crippen LogP contribution in [-0.2, 0) is 14.8 Å². The van der Waals surface area contributed by atoms with Gasteiger partial charge in [-0.25, -0.2) is 13.8 Å². The molecule has 0 aliphatic heterocycles. The van der Waals surface area contributed by atoms with Crippen LogP contribution < -0.4 is 9.73 Å². The number of anilines is 1. The molecular weight excluding hydrogens is 406 g/mol. The molecule has 0 spiro atoms. The molecule has 1 amide bonds. The van der Waals surface area contributed by atoms with Crippen LogP contribution in [0.25, 0.3) is 0 Å². The molecule has 0 bridgehead atoms. The van der Waals surface area contributed by atoms with Crippen LogP contribution in [0.15, 0.2) is 58.1 Å². The minimum absolute atomic E-state index is 0.355. The van der Waals surface area contributed by atoms with E-state index >= 15 is 0 Å². The van der Waals surface area contributed by atoms with E-state index in [2.05, 4.69) is 26.5 Å². The molecule has 0 radical (unpaired) electrons. The van der Waals surface area contributed by atoms with Gasteiger partial charge in [0.15, 0.2) is 0 Å². The summed E-state index contributed by atoms with van der Waals surface area (Å²) in [7, 11) is -3.60. The molecule has 0 aromatic heterocycles. The number of sulfonamides is 1. The standard InChI is InChI=1S/C17H18BrN3O3S/c1-13-3-5-14(6-4-13)11-19-20-17(22)12-21(25(2,23)24)16-9-7-15(18)8-10-16/h3-11H,12H2,1-2H3,(H,20,22)/b19-11-. The zero-order valence-corrected chi connectivity index (χ0v) is 16.2. The lowest BCUT2D eigenvalue weighted by molar-refractivity contribution is -0.119. The maximum atomic E-state index is 12.0. The summed E-state index contributed by atoms with van der Waals surface area (Å²) in [6.07, 6.45) is 2.56. The number of benzene rings is 2. The van der Waals surface area contributed by atoms with Crippen LogP contribution in [-0.4, -0.2) is 33.3 Å². The first-order valence-corrected chi connectivity index (χ1v) is 10.0. The number of nitrogens with zero attached hydrogens (tertiary/aromatic N) is 2. The summed E-state index contributed by atoms with van der Waals surface area (Å²) in [5.41, 5.74) is 4.71. The van der Waals surface area contributed by atoms with E-state index in [0.29, 0.717) is 5.69 Å². The van der Waals surface area contributed by atoms with Crippen LogP contribution in [0.2, 0.25) is 0 Å². The Hall–Kier alpha value is -2.19. The molecule has 2 aromatic carbocycles. The van der Waals surface area contributed by atoms with Crippen LogP contribution in [0, 0.1) is 6.92 Å². The number of nitrogens with one attached hydrogen (secondary N) is 1. The number of amides is 1. The van der Waals surface area contributed by atoms with E-state index in [4.69, 9.17) is 0 Å². The number of hydrogen-bond donors (Lipinski definition) is 1. The molecule has 2 rings (SSSR count). The van der Waals surface area contributed by atoms with Crippen molar-refractivity contribution in [3.63, 3.8) is 0 Å². The van der Waals surface area contributed by atoms with Crippen molar-refractivity contribution in [3.05, 3.63) is 64.1 Å². The summed E-state index contributed by atoms with van der Waals surface area (Å²) in [4.78, 5) is 12.0. The molecule has 0 unspecified atom stereocenters. The van der Waals surface area contributed by atoms with Gasteiger partial charge in [-0.05, 0) is 36.8 Å². The second-order valence-corrected chi connectivity index (χ2v) is 8.27. The maximum absolute atomic E-state index is 12.0. The molecule has 2 aromatic rings. The summed E-state index contributed by atoms with van der Waals surface area (Å²) < 4.78 is 25.8. The van der Waals surface area contributed by atoms with Crippen LogP contribution >= 0.6 is 15.9 Å². The smallest absolute Gasteiger partial charge is 0.260 e. The molecule has 0 atom stereocenters. The number of aryl methyl sites for hydroxylation is 1. The van der Waals surface area contributed by atoms with Crippen molar-refractivity contribution in [1.82, 2.24) is 5.43 Å². The molecule has 25 heavy (non-hydrogen) atoms. The van der Waals surface area contributed by atoms with Crippen molar-refractivity contribution in [1.29, 1.82) is 0 Å². The summed E-state index contributed by atoms with van der Waals surface area (Å²) in [6.45, 7) is 1.62. The Morgan fingerprint density at radius 3 is 2.32 bits per heavy atom. The van der Waals surface area contributed by atoms with Crippen LogP contribution in [0.1, 0.15) is 11.1 Å². The van der Waals surface area contributed by atoms with E-state index in [1.807, 2.05) is 31.2 Å². The van der Waals surface area contributed by atoms with Gasteiger partial charge in [-0.2, -0.15) is 5.10 Å². The molecule has 0 aliphatic rings. The fourth-order valence-corrected chi connectivity index (χ4v) is 3.13. The molecule has 0 saturated carbocycles. The summed E-state index contributed by atoms with van der Waals surface area (Å²) in [5, 5.41) is 3.86. The first-order chi connectivity index (χ1) is 11.8. The largest absolute Gasteiger partial charge is 0.271 e. The molecule has 0 saturated heterocycles. The average Bonchev–Trinajstić information content (AvgIpc) is 2.54. The SMILES string of the molecule is Cc1ccc(/C=N\NC(=O)CN(c2ccc(Br)cc2)S(C)(=O)=O)cc1. The van der Waals surface area contributed by atoms with E-state index in [-0.39, 0.29) is 6.54 Å². The van der Waals surface area contributed by atoms with Gasteiger partial charge < -0.3 is 0 Å². The third-order valence-corrected chi connectivity index (χ3v) is 4.95. The van der Waals surface area contributed by atoms with Crippen molar-refractivity contribution in [2.75, 3.05) is 17.1 Å². The zero-order valence-electron chi connectivity index (χ0n) is 13.8. The van der Waals surface area contributed by atoms with Crippen molar-refractivity contribution < 1.29 is 13.2 Å². The number of halogens is 1. The van der Waals surface area contributed by atoms with Gasteiger partial charge in [0.1, 0.15) is 6.54 Å². The second-order valence-electron chi connectivity index (χ2n) is 5.45. The van der Waals surface area contributed by atoms with E-state index in [9.17, 15) is 13.2 Å². The molecule has 132 valence electrons. The summed E-state index contributed by atoms with van der Waals surface area (Å²) >= 11 is 3.29. The van der Waals surface area contributed by atoms with Crippen LogP contribution in [0.3, 0.4) is 0 Å². The molecule has 8 heteroatoms. The minimum Gasteiger partial charge on any atom is -0.271 e. The second kappa shape index (κ2) is 8.26. The Kier molecular flexibility index (Phi) is 6.33. The predicted octanol–water partition coefficient (Wildman–Crippen LogP) is 2.67. The Morgan fingerprint density at radius 2 is 1.76 bits per heavy atom. The first kappa shape index (κ1) is 19.1. The fourth-order valence-electron chi connectivity index (χ4n) is 2.00. The van der Waals surface area contributed by atoms with Gasteiger partial charge >= 0.3 is 0 Å². The fraction of sp³-hybridized carbons (Fsp3) is 0.176. The number of carbonyl (C=O) groups is 1. The monoisotopic (exact) mass is 423 g/mol. The van der Waals surface area contributed by atoms with E-state index in [0.717, 1.165) is 26.2 Å². The van der Waals surface area contributed by atoms with Gasteiger partial charge in [0, 0.05) is 4.47 Å². The highest BCUT2D eigenvalue weighted by atomic mass is 79.9. The third kappa shape index (κ3) is 5.99. The van der Waals surface area contributed by atoms with Gasteiger partial charge in [0.05, 0.1) is 18.2 Å². The summed E-state index contributed by atoms with van der Waals surface area (Å²) in [5.74, 6) is -0.531. The topological polar surface area (TPSA) is 78.8 Å². The molecule has 0 aliphatic carbocycles. The van der Waals surface area contributed by atoms with Crippen molar-refractivity contribution in [3.8, 4) is 0 Å². The van der Waals surface area contributed by atoms with Crippen molar-refractivity contribution in [2.24, 2.45) is 5.10 Å². The van der Waals surface area contributed by atoms with Gasteiger partial charge in [-0.1, -0.05) is 45.8 Å². The quantitative estimate of drug-likeness (QED) is 0.572. The number of hydrazone groups is 1. The van der Waals surface area contributed by atoms with Gasteiger partial charge in [0.2, 0.25) is 10.0 Å². The lowest BCUT2D eigenvalue weighted by Crippen LogP contribution is -2.38. The van der Waals surface area contributed by atoms with E-state index in [1.54, 1.807) is 24.3 Å². The lowest BCUT2D eigenvalue weighted by Gasteiger charge is -2.21. The Morgan fingerprint density at radius 1 is 1.16 bits per heavy atom. The zero-order chi connectivity index (χ0) is 18.4. The first-order valence-electron chi connectivity index (χ1n) is 7.37. The van der Waals surface area contributed by atoms with Gasteiger partial charge in [0.25, 0.3) is 5.91 Å². The molecule has 0 fully saturated rings. The van der Waals surface area contributed by atoms with Crippen molar-refractivity contribution >= 4 is 43.8 Å². The molecule has 1 N–H and O–H groups in total. The van der Waals surface area contributed by atoms with E-state index in [1.165, 1.54) is 6.21 Å². The molecule has 0 heterocycles. The number of hydrogen-bond acceptors (Lipinski definition) is 4. The molecular formula is C17H18BrN3O3S. The number of carbonyl (C=O) groups excluding carboxylic acids is 1. The van der Waals surface area contributed by atoms with Crippen LogP contribution in [0.4, 0.5) is 5.69 Å². The maximum Gasteiger partial charge on any atom is 0.260 e. The highest BCUT2D eigenvalue weighted by Gasteiger charge is 2.20. The average molecular weight is 424 g/mol. The van der Waals surface area contributed by atoms with Crippen molar-refractivity contribution in [2.45, 2.75) is 6.92 Å². The Bertz CT molecular complexity index is 863. The predicted molar refractivity (Wildman–Crippen MR) is 103 cm³/mol. The Labute approximate surface area is 155 Å². The van der Waals surface area contributed by atoms with Gasteiger partial charge in [-0.3, -0.25) is 9.10 Å². The third-order valence-electron chi connectivity index (χ3n) is 3.28. The Balaban J connectivity index is 2.04. The highest BCUT2D eigenvalue weighted by molar-refractivity contribution is 9.10. The van der Waals surface area contributed by atoms with Gasteiger partial charge in [-0.15, -0.1) is 0 Å². The molecule has 6 nitrogen and oxygen atoms in total. The minimum atomic E-state index is -3.60. The summed E-state index contributed by atoms with van der Waals surface area (Å²) in [6, 6.07) is 14.3.